The number of para-hydroxylation sites is 1. The molecule has 0 spiro atoms. The molecule has 3 heterocycles. The molecule has 36 heavy (non-hydrogen) atoms. The van der Waals surface area contributed by atoms with E-state index in [1.54, 1.807) is 0 Å². The third kappa shape index (κ3) is 7.91. The molecule has 4 heteroatoms. The standard InChI is InChI=1S/C20H25N3S.C10H16.C2H6/c1-14(2)18-13-16-19(24-18)12-15-6-3-4-7-17(15)22-20(16)23-10-5-8-21-9-11-23;1-2-10-8-6-4-3-5-7-9-10;1-2/h3-4,6-7,13-14,21H,5,8-12H2,1-2H3;4,6-7,9-10H,2-3,5,8H2,1H3;1-2H3/b;6-4-,9-7-;. The largest absolute Gasteiger partial charge is 0.355 e. The molecule has 3 aliphatic rings. The molecule has 1 aliphatic carbocycles. The zero-order chi connectivity index (χ0) is 25.8. The first-order valence-corrected chi connectivity index (χ1v) is 15.0. The molecule has 0 bridgehead atoms. The lowest BCUT2D eigenvalue weighted by molar-refractivity contribution is 0.447. The molecular formula is C32H47N3S. The molecule has 0 radical (unpaired) electrons. The molecule has 1 atom stereocenters. The van der Waals surface area contributed by atoms with Crippen LogP contribution in [0.4, 0.5) is 5.69 Å². The van der Waals surface area contributed by atoms with Gasteiger partial charge in [0.1, 0.15) is 5.84 Å². The maximum Gasteiger partial charge on any atom is 0.137 e. The normalized spacial score (nSPS) is 21.0. The minimum atomic E-state index is 0.573. The number of rotatable bonds is 2. The second-order valence-corrected chi connectivity index (χ2v) is 11.0. The molecule has 1 N–H and O–H groups in total. The van der Waals surface area contributed by atoms with Crippen LogP contribution in [0.2, 0.25) is 0 Å². The molecule has 3 nitrogen and oxygen atoms in total. The number of thiophene rings is 1. The molecule has 1 unspecified atom stereocenters. The van der Waals surface area contributed by atoms with E-state index in [0.29, 0.717) is 5.92 Å². The van der Waals surface area contributed by atoms with Crippen molar-refractivity contribution < 1.29 is 0 Å². The van der Waals surface area contributed by atoms with E-state index in [0.717, 1.165) is 44.2 Å². The van der Waals surface area contributed by atoms with E-state index in [1.165, 1.54) is 58.8 Å². The number of aliphatic imine (C=N–C) groups is 1. The molecule has 2 aliphatic heterocycles. The van der Waals surface area contributed by atoms with Crippen molar-refractivity contribution in [1.29, 1.82) is 0 Å². The Labute approximate surface area is 224 Å². The van der Waals surface area contributed by atoms with Crippen LogP contribution in [0.25, 0.3) is 0 Å². The molecule has 2 aromatic rings. The zero-order valence-corrected chi connectivity index (χ0v) is 24.0. The zero-order valence-electron chi connectivity index (χ0n) is 23.2. The first-order chi connectivity index (χ1) is 17.7. The van der Waals surface area contributed by atoms with Gasteiger partial charge in [0, 0.05) is 41.4 Å². The van der Waals surface area contributed by atoms with Crippen LogP contribution in [0.15, 0.2) is 59.6 Å². The van der Waals surface area contributed by atoms with Gasteiger partial charge in [-0.3, -0.25) is 0 Å². The predicted octanol–water partition coefficient (Wildman–Crippen LogP) is 8.48. The minimum Gasteiger partial charge on any atom is -0.355 e. The molecule has 1 saturated heterocycles. The Morgan fingerprint density at radius 3 is 2.67 bits per heavy atom. The van der Waals surface area contributed by atoms with E-state index in [9.17, 15) is 0 Å². The van der Waals surface area contributed by atoms with Gasteiger partial charge in [-0.2, -0.15) is 0 Å². The highest BCUT2D eigenvalue weighted by molar-refractivity contribution is 7.12. The van der Waals surface area contributed by atoms with Crippen molar-refractivity contribution in [2.75, 3.05) is 26.2 Å². The van der Waals surface area contributed by atoms with Gasteiger partial charge in [-0.15, -0.1) is 11.3 Å². The van der Waals surface area contributed by atoms with Gasteiger partial charge in [0.15, 0.2) is 0 Å². The van der Waals surface area contributed by atoms with E-state index < -0.39 is 0 Å². The quantitative estimate of drug-likeness (QED) is 0.414. The number of benzene rings is 1. The Morgan fingerprint density at radius 2 is 1.86 bits per heavy atom. The third-order valence-corrected chi connectivity index (χ3v) is 8.32. The van der Waals surface area contributed by atoms with Crippen molar-refractivity contribution in [3.05, 3.63) is 75.5 Å². The molecule has 5 rings (SSSR count). The van der Waals surface area contributed by atoms with Crippen LogP contribution in [0.3, 0.4) is 0 Å². The van der Waals surface area contributed by atoms with Crippen LogP contribution in [0.5, 0.6) is 0 Å². The fourth-order valence-corrected chi connectivity index (χ4v) is 5.91. The van der Waals surface area contributed by atoms with Crippen LogP contribution in [-0.4, -0.2) is 36.9 Å². The van der Waals surface area contributed by atoms with Gasteiger partial charge >= 0.3 is 0 Å². The summed E-state index contributed by atoms with van der Waals surface area (Å²) in [6.45, 7) is 15.1. The van der Waals surface area contributed by atoms with Gasteiger partial charge in [-0.05, 0) is 68.2 Å². The number of allylic oxidation sites excluding steroid dienone is 4. The van der Waals surface area contributed by atoms with Crippen LogP contribution >= 0.6 is 11.3 Å². The molecule has 196 valence electrons. The van der Waals surface area contributed by atoms with Crippen LogP contribution in [-0.2, 0) is 6.42 Å². The monoisotopic (exact) mass is 505 g/mol. The summed E-state index contributed by atoms with van der Waals surface area (Å²) >= 11 is 1.97. The number of amidine groups is 1. The van der Waals surface area contributed by atoms with Crippen molar-refractivity contribution in [2.45, 2.75) is 79.1 Å². The van der Waals surface area contributed by atoms with Gasteiger partial charge in [0.2, 0.25) is 0 Å². The maximum absolute atomic E-state index is 5.14. The summed E-state index contributed by atoms with van der Waals surface area (Å²) in [5.74, 6) is 2.56. The smallest absolute Gasteiger partial charge is 0.137 e. The van der Waals surface area contributed by atoms with Crippen LogP contribution < -0.4 is 5.32 Å². The van der Waals surface area contributed by atoms with E-state index in [1.807, 2.05) is 25.2 Å². The number of fused-ring (bicyclic) bond motifs is 2. The SMILES string of the molecule is CC.CC(C)c1cc2c(s1)Cc1ccccc1N=C2N1CCCNCC1.CCC1/C=C\CC/C=C\C1. The molecule has 1 fully saturated rings. The summed E-state index contributed by atoms with van der Waals surface area (Å²) in [5, 5.41) is 3.50. The second kappa shape index (κ2) is 15.2. The molecule has 0 amide bonds. The summed E-state index contributed by atoms with van der Waals surface area (Å²) in [5.41, 5.74) is 3.85. The van der Waals surface area contributed by atoms with Crippen LogP contribution in [0, 0.1) is 5.92 Å². The van der Waals surface area contributed by atoms with E-state index in [4.69, 9.17) is 4.99 Å². The van der Waals surface area contributed by atoms with Gasteiger partial charge in [0.05, 0.1) is 5.69 Å². The van der Waals surface area contributed by atoms with Gasteiger partial charge < -0.3 is 10.2 Å². The summed E-state index contributed by atoms with van der Waals surface area (Å²) in [7, 11) is 0. The minimum absolute atomic E-state index is 0.573. The van der Waals surface area contributed by atoms with E-state index >= 15 is 0 Å². The van der Waals surface area contributed by atoms with Crippen molar-refractivity contribution in [3.8, 4) is 0 Å². The summed E-state index contributed by atoms with van der Waals surface area (Å²) in [6.07, 6.45) is 16.5. The first kappa shape index (κ1) is 28.4. The Morgan fingerprint density at radius 1 is 1.06 bits per heavy atom. The number of nitrogens with one attached hydrogen (secondary N) is 1. The first-order valence-electron chi connectivity index (χ1n) is 14.2. The van der Waals surface area contributed by atoms with E-state index in [2.05, 4.69) is 85.6 Å². The highest BCUT2D eigenvalue weighted by atomic mass is 32.1. The predicted molar refractivity (Wildman–Crippen MR) is 160 cm³/mol. The average Bonchev–Trinajstić information content (AvgIpc) is 3.04. The van der Waals surface area contributed by atoms with Crippen LogP contribution in [0.1, 0.15) is 93.5 Å². The van der Waals surface area contributed by atoms with Gasteiger partial charge in [-0.25, -0.2) is 4.99 Å². The molecular weight excluding hydrogens is 458 g/mol. The molecule has 1 aromatic carbocycles. The fourth-order valence-electron chi connectivity index (χ4n) is 4.72. The lowest BCUT2D eigenvalue weighted by Gasteiger charge is -2.24. The van der Waals surface area contributed by atoms with Gasteiger partial charge in [-0.1, -0.05) is 77.1 Å². The van der Waals surface area contributed by atoms with Crippen molar-refractivity contribution in [3.63, 3.8) is 0 Å². The van der Waals surface area contributed by atoms with E-state index in [-0.39, 0.29) is 0 Å². The lowest BCUT2D eigenvalue weighted by atomic mass is 9.99. The Balaban J connectivity index is 0.000000253. The molecule has 1 aromatic heterocycles. The fraction of sp³-hybridized carbons (Fsp3) is 0.531. The summed E-state index contributed by atoms with van der Waals surface area (Å²) in [4.78, 5) is 10.6. The summed E-state index contributed by atoms with van der Waals surface area (Å²) < 4.78 is 0. The number of hydrogen-bond donors (Lipinski definition) is 1. The summed E-state index contributed by atoms with van der Waals surface area (Å²) in [6, 6.07) is 11.0. The van der Waals surface area contributed by atoms with Gasteiger partial charge in [0.25, 0.3) is 0 Å². The number of nitrogens with zero attached hydrogens (tertiary/aromatic N) is 2. The number of hydrogen-bond acceptors (Lipinski definition) is 4. The van der Waals surface area contributed by atoms with Crippen molar-refractivity contribution in [2.24, 2.45) is 10.9 Å². The van der Waals surface area contributed by atoms with Crippen molar-refractivity contribution >= 4 is 22.9 Å². The average molecular weight is 506 g/mol. The maximum atomic E-state index is 5.14. The lowest BCUT2D eigenvalue weighted by Crippen LogP contribution is -2.34. The highest BCUT2D eigenvalue weighted by Crippen LogP contribution is 2.36. The second-order valence-electron chi connectivity index (χ2n) is 9.85. The Bertz CT molecular complexity index is 1010. The highest BCUT2D eigenvalue weighted by Gasteiger charge is 2.25. The Hall–Kier alpha value is -2.17. The topological polar surface area (TPSA) is 27.6 Å². The molecule has 0 saturated carbocycles. The Kier molecular flexibility index (Phi) is 12.0. The third-order valence-electron chi connectivity index (χ3n) is 6.88. The van der Waals surface area contributed by atoms with Crippen molar-refractivity contribution in [1.82, 2.24) is 10.2 Å².